The molecule has 0 heterocycles. The first-order valence-electron chi connectivity index (χ1n) is 3.17. The fourth-order valence-corrected chi connectivity index (χ4v) is 1.08. The van der Waals surface area contributed by atoms with Gasteiger partial charge in [0.15, 0.2) is 0 Å². The van der Waals surface area contributed by atoms with Gasteiger partial charge in [-0.25, -0.2) is 0 Å². The predicted molar refractivity (Wildman–Crippen MR) is 48.4 cm³/mol. The third-order valence-electron chi connectivity index (χ3n) is 1.20. The van der Waals surface area contributed by atoms with E-state index in [1.54, 1.807) is 0 Å². The highest BCUT2D eigenvalue weighted by atomic mass is 79.9. The molecule has 0 fully saturated rings. The van der Waals surface area contributed by atoms with Crippen LogP contribution in [0.4, 0.5) is 13.2 Å². The minimum Gasteiger partial charge on any atom is -0.495 e. The van der Waals surface area contributed by atoms with Gasteiger partial charge in [0.25, 0.3) is 0 Å². The molecule has 0 radical (unpaired) electrons. The molecule has 0 spiro atoms. The van der Waals surface area contributed by atoms with Crippen molar-refractivity contribution in [2.45, 2.75) is 6.18 Å². The Kier molecular flexibility index (Phi) is 4.26. The van der Waals surface area contributed by atoms with E-state index in [0.29, 0.717) is 6.08 Å². The molecule has 5 heteroatoms. The third kappa shape index (κ3) is 3.26. The smallest absolute Gasteiger partial charge is 0.419 e. The van der Waals surface area contributed by atoms with Gasteiger partial charge in [-0.05, 0) is 15.9 Å². The second-order valence-electron chi connectivity index (χ2n) is 2.05. The fraction of sp³-hybridized carbons (Fsp3) is 0.250. The molecule has 0 aliphatic rings. The first-order chi connectivity index (χ1) is 5.84. The van der Waals surface area contributed by atoms with Crippen LogP contribution in [0.25, 0.3) is 0 Å². The van der Waals surface area contributed by atoms with Crippen molar-refractivity contribution in [2.75, 3.05) is 7.11 Å². The summed E-state index contributed by atoms with van der Waals surface area (Å²) in [4.78, 5) is 0. The summed E-state index contributed by atoms with van der Waals surface area (Å²) < 4.78 is 41.3. The molecular weight excluding hydrogens is 249 g/mol. The monoisotopic (exact) mass is 256 g/mol. The lowest BCUT2D eigenvalue weighted by atomic mass is 10.2. The quantitative estimate of drug-likeness (QED) is 0.555. The second-order valence-corrected chi connectivity index (χ2v) is 3.01. The Morgan fingerprint density at radius 1 is 1.46 bits per heavy atom. The van der Waals surface area contributed by atoms with Crippen LogP contribution in [-0.4, -0.2) is 13.3 Å². The summed E-state index contributed by atoms with van der Waals surface area (Å²) in [6.45, 7) is 6.35. The molecule has 0 aromatic carbocycles. The van der Waals surface area contributed by atoms with Gasteiger partial charge in [-0.1, -0.05) is 19.2 Å². The van der Waals surface area contributed by atoms with Gasteiger partial charge in [0.05, 0.1) is 17.2 Å². The summed E-state index contributed by atoms with van der Waals surface area (Å²) >= 11 is 2.81. The van der Waals surface area contributed by atoms with Gasteiger partial charge < -0.3 is 4.74 Å². The number of hydrogen-bond acceptors (Lipinski definition) is 1. The Hall–Kier alpha value is -0.710. The Bertz CT molecular complexity index is 253. The lowest BCUT2D eigenvalue weighted by molar-refractivity contribution is -0.0908. The predicted octanol–water partition coefficient (Wildman–Crippen LogP) is 3.54. The van der Waals surface area contributed by atoms with Gasteiger partial charge in [0, 0.05) is 0 Å². The van der Waals surface area contributed by atoms with Gasteiger partial charge in [-0.3, -0.25) is 0 Å². The molecule has 0 aromatic heterocycles. The maximum Gasteiger partial charge on any atom is 0.419 e. The molecule has 0 amide bonds. The summed E-state index contributed by atoms with van der Waals surface area (Å²) in [6.07, 6.45) is -3.80. The highest BCUT2D eigenvalue weighted by Crippen LogP contribution is 2.32. The van der Waals surface area contributed by atoms with Crippen molar-refractivity contribution < 1.29 is 17.9 Å². The molecule has 13 heavy (non-hydrogen) atoms. The summed E-state index contributed by atoms with van der Waals surface area (Å²) in [5.74, 6) is -0.359. The molecule has 0 bridgehead atoms. The zero-order chi connectivity index (χ0) is 10.6. The first-order valence-corrected chi connectivity index (χ1v) is 3.96. The normalized spacial score (nSPS) is 13.3. The average Bonchev–Trinajstić information content (AvgIpc) is 1.96. The highest BCUT2D eigenvalue weighted by molar-refractivity contribution is 9.11. The van der Waals surface area contributed by atoms with Crippen molar-refractivity contribution >= 4 is 15.9 Å². The van der Waals surface area contributed by atoms with Gasteiger partial charge in [-0.2, -0.15) is 13.2 Å². The van der Waals surface area contributed by atoms with E-state index in [2.05, 4.69) is 33.8 Å². The third-order valence-corrected chi connectivity index (χ3v) is 1.56. The number of allylic oxidation sites excluding steroid dienone is 3. The topological polar surface area (TPSA) is 9.23 Å². The maximum atomic E-state index is 12.2. The SMILES string of the molecule is C=C/C(=C(/OC)C(=C)Br)C(F)(F)F. The van der Waals surface area contributed by atoms with Crippen molar-refractivity contribution in [3.63, 3.8) is 0 Å². The molecule has 0 unspecified atom stereocenters. The molecule has 74 valence electrons. The minimum atomic E-state index is -4.48. The largest absolute Gasteiger partial charge is 0.495 e. The van der Waals surface area contributed by atoms with Gasteiger partial charge in [0.1, 0.15) is 5.76 Å². The van der Waals surface area contributed by atoms with E-state index in [0.717, 1.165) is 7.11 Å². The zero-order valence-corrected chi connectivity index (χ0v) is 8.50. The molecular formula is C8H8BrF3O. The number of alkyl halides is 3. The molecule has 0 aromatic rings. The Labute approximate surface area is 82.7 Å². The van der Waals surface area contributed by atoms with Crippen molar-refractivity contribution in [1.82, 2.24) is 0 Å². The maximum absolute atomic E-state index is 12.2. The van der Waals surface area contributed by atoms with Crippen LogP contribution in [0, 0.1) is 0 Å². The molecule has 0 saturated carbocycles. The van der Waals surface area contributed by atoms with Crippen LogP contribution in [0.15, 0.2) is 35.0 Å². The van der Waals surface area contributed by atoms with Crippen LogP contribution in [0.2, 0.25) is 0 Å². The van der Waals surface area contributed by atoms with Crippen LogP contribution in [0.5, 0.6) is 0 Å². The van der Waals surface area contributed by atoms with Crippen molar-refractivity contribution in [2.24, 2.45) is 0 Å². The standard InChI is InChI=1S/C8H8BrF3O/c1-4-6(8(10,11)12)7(13-3)5(2)9/h4H,1-2H2,3H3/b7-6-. The lowest BCUT2D eigenvalue weighted by Gasteiger charge is -2.12. The second kappa shape index (κ2) is 4.50. The van der Waals surface area contributed by atoms with E-state index < -0.39 is 11.7 Å². The van der Waals surface area contributed by atoms with E-state index in [4.69, 9.17) is 0 Å². The summed E-state index contributed by atoms with van der Waals surface area (Å²) in [7, 11) is 1.14. The summed E-state index contributed by atoms with van der Waals surface area (Å²) in [5, 5.41) is 0. The number of halogens is 4. The number of methoxy groups -OCH3 is 1. The molecule has 0 aliphatic carbocycles. The van der Waals surface area contributed by atoms with E-state index >= 15 is 0 Å². The molecule has 0 saturated heterocycles. The van der Waals surface area contributed by atoms with Crippen molar-refractivity contribution in [1.29, 1.82) is 0 Å². The first kappa shape index (κ1) is 12.3. The molecule has 0 N–H and O–H groups in total. The minimum absolute atomic E-state index is 0.0298. The highest BCUT2D eigenvalue weighted by Gasteiger charge is 2.35. The number of hydrogen-bond donors (Lipinski definition) is 0. The van der Waals surface area contributed by atoms with Gasteiger partial charge in [0.2, 0.25) is 0 Å². The van der Waals surface area contributed by atoms with Gasteiger partial charge >= 0.3 is 6.18 Å². The molecule has 1 nitrogen and oxygen atoms in total. The average molecular weight is 257 g/mol. The molecule has 0 aliphatic heterocycles. The number of rotatable bonds is 3. The van der Waals surface area contributed by atoms with Gasteiger partial charge in [-0.15, -0.1) is 0 Å². The van der Waals surface area contributed by atoms with Crippen molar-refractivity contribution in [3.8, 4) is 0 Å². The Balaban J connectivity index is 5.31. The number of ether oxygens (including phenoxy) is 1. The van der Waals surface area contributed by atoms with E-state index in [-0.39, 0.29) is 10.2 Å². The van der Waals surface area contributed by atoms with Crippen molar-refractivity contribution in [3.05, 3.63) is 35.0 Å². The Morgan fingerprint density at radius 2 is 1.92 bits per heavy atom. The van der Waals surface area contributed by atoms with E-state index in [1.165, 1.54) is 0 Å². The van der Waals surface area contributed by atoms with Crippen LogP contribution < -0.4 is 0 Å². The van der Waals surface area contributed by atoms with Crippen LogP contribution in [0.1, 0.15) is 0 Å². The fourth-order valence-electron chi connectivity index (χ4n) is 0.704. The molecule has 0 rings (SSSR count). The van der Waals surface area contributed by atoms with Crippen LogP contribution in [0.3, 0.4) is 0 Å². The van der Waals surface area contributed by atoms with E-state index in [9.17, 15) is 13.2 Å². The molecule has 0 atom stereocenters. The van der Waals surface area contributed by atoms with Crippen LogP contribution >= 0.6 is 15.9 Å². The van der Waals surface area contributed by atoms with E-state index in [1.807, 2.05) is 0 Å². The summed E-state index contributed by atoms with van der Waals surface area (Å²) in [5.41, 5.74) is -0.947. The Morgan fingerprint density at radius 3 is 2.00 bits per heavy atom. The lowest BCUT2D eigenvalue weighted by Crippen LogP contribution is -2.13. The zero-order valence-electron chi connectivity index (χ0n) is 6.91. The van der Waals surface area contributed by atoms with Crippen LogP contribution in [-0.2, 0) is 4.74 Å². The summed E-state index contributed by atoms with van der Waals surface area (Å²) in [6, 6.07) is 0.